The van der Waals surface area contributed by atoms with Gasteiger partial charge in [0.2, 0.25) is 0 Å². The van der Waals surface area contributed by atoms with Crippen LogP contribution in [-0.4, -0.2) is 10.9 Å². The lowest BCUT2D eigenvalue weighted by molar-refractivity contribution is -0.137. The Morgan fingerprint density at radius 2 is 1.67 bits per heavy atom. The first-order valence-electron chi connectivity index (χ1n) is 5.60. The van der Waals surface area contributed by atoms with Gasteiger partial charge in [-0.2, -0.15) is 13.2 Å². The second kappa shape index (κ2) is 5.16. The van der Waals surface area contributed by atoms with E-state index in [-0.39, 0.29) is 0 Å². The highest BCUT2D eigenvalue weighted by Crippen LogP contribution is 2.33. The third kappa shape index (κ3) is 2.86. The van der Waals surface area contributed by atoms with E-state index in [9.17, 15) is 31.9 Å². The lowest BCUT2D eigenvalue weighted by Crippen LogP contribution is -2.10. The molecule has 0 unspecified atom stereocenters. The summed E-state index contributed by atoms with van der Waals surface area (Å²) in [6.07, 6.45) is -4.73. The largest absolute Gasteiger partial charge is 0.507 e. The van der Waals surface area contributed by atoms with Crippen molar-refractivity contribution in [1.82, 2.24) is 0 Å². The van der Waals surface area contributed by atoms with Crippen LogP contribution in [0.4, 0.5) is 22.0 Å². The van der Waals surface area contributed by atoms with Crippen LogP contribution in [-0.2, 0) is 6.18 Å². The molecule has 0 bridgehead atoms. The molecule has 2 aromatic carbocycles. The molecule has 2 rings (SSSR count). The fraction of sp³-hybridized carbons (Fsp3) is 0.0714. The van der Waals surface area contributed by atoms with E-state index in [1.807, 2.05) is 0 Å². The zero-order valence-corrected chi connectivity index (χ0v) is 10.2. The number of carbonyl (C=O) groups excluding carboxylic acids is 1. The van der Waals surface area contributed by atoms with Crippen LogP contribution >= 0.6 is 0 Å². The Hall–Kier alpha value is -2.44. The number of ketones is 1. The number of phenols is 1. The Morgan fingerprint density at radius 3 is 2.29 bits per heavy atom. The predicted molar refractivity (Wildman–Crippen MR) is 62.9 cm³/mol. The number of hydrogen-bond donors (Lipinski definition) is 1. The normalized spacial score (nSPS) is 11.5. The van der Waals surface area contributed by atoms with E-state index in [2.05, 4.69) is 0 Å². The predicted octanol–water partition coefficient (Wildman–Crippen LogP) is 3.92. The van der Waals surface area contributed by atoms with Gasteiger partial charge >= 0.3 is 6.18 Å². The summed E-state index contributed by atoms with van der Waals surface area (Å²) in [5.41, 5.74) is -2.69. The molecule has 0 fully saturated rings. The second-order valence-electron chi connectivity index (χ2n) is 4.16. The van der Waals surface area contributed by atoms with Gasteiger partial charge in [-0.25, -0.2) is 8.78 Å². The Morgan fingerprint density at radius 1 is 1.00 bits per heavy atom. The van der Waals surface area contributed by atoms with E-state index in [0.717, 1.165) is 18.2 Å². The van der Waals surface area contributed by atoms with Gasteiger partial charge in [-0.05, 0) is 30.3 Å². The van der Waals surface area contributed by atoms with Crippen molar-refractivity contribution in [2.45, 2.75) is 6.18 Å². The van der Waals surface area contributed by atoms with E-state index < -0.39 is 46.0 Å². The van der Waals surface area contributed by atoms with Gasteiger partial charge in [0.15, 0.2) is 17.4 Å². The summed E-state index contributed by atoms with van der Waals surface area (Å²) in [7, 11) is 0. The van der Waals surface area contributed by atoms with Crippen LogP contribution in [0.25, 0.3) is 0 Å². The third-order valence-electron chi connectivity index (χ3n) is 2.76. The lowest BCUT2D eigenvalue weighted by atomic mass is 9.99. The number of halogens is 5. The van der Waals surface area contributed by atoms with Crippen molar-refractivity contribution >= 4 is 5.78 Å². The van der Waals surface area contributed by atoms with Crippen LogP contribution in [0.2, 0.25) is 0 Å². The molecular weight excluding hydrogens is 295 g/mol. The van der Waals surface area contributed by atoms with Crippen molar-refractivity contribution in [3.8, 4) is 5.75 Å². The van der Waals surface area contributed by atoms with E-state index >= 15 is 0 Å². The second-order valence-corrected chi connectivity index (χ2v) is 4.16. The quantitative estimate of drug-likeness (QED) is 0.674. The standard InChI is InChI=1S/C14H7F5O2/c15-10-3-1-2-8(12(10)16)13(21)9-6-7(14(17,18)19)4-5-11(9)20/h1-6,20H. The number of alkyl halides is 3. The van der Waals surface area contributed by atoms with Crippen molar-refractivity contribution in [3.63, 3.8) is 0 Å². The molecule has 7 heteroatoms. The molecule has 1 N–H and O–H groups in total. The first kappa shape index (κ1) is 15.0. The topological polar surface area (TPSA) is 37.3 Å². The SMILES string of the molecule is O=C(c1cc(C(F)(F)F)ccc1O)c1cccc(F)c1F. The highest BCUT2D eigenvalue weighted by molar-refractivity contribution is 6.10. The maximum absolute atomic E-state index is 13.5. The minimum Gasteiger partial charge on any atom is -0.507 e. The molecule has 110 valence electrons. The number of aromatic hydroxyl groups is 1. The monoisotopic (exact) mass is 302 g/mol. The summed E-state index contributed by atoms with van der Waals surface area (Å²) in [5, 5.41) is 9.49. The van der Waals surface area contributed by atoms with Crippen LogP contribution < -0.4 is 0 Å². The lowest BCUT2D eigenvalue weighted by Gasteiger charge is -2.10. The minimum atomic E-state index is -4.73. The number of benzene rings is 2. The molecule has 2 aromatic rings. The van der Waals surface area contributed by atoms with Gasteiger partial charge in [0.05, 0.1) is 16.7 Å². The summed E-state index contributed by atoms with van der Waals surface area (Å²) in [6, 6.07) is 4.36. The summed E-state index contributed by atoms with van der Waals surface area (Å²) >= 11 is 0. The molecule has 0 radical (unpaired) electrons. The zero-order chi connectivity index (χ0) is 15.8. The van der Waals surface area contributed by atoms with Crippen LogP contribution in [0.5, 0.6) is 5.75 Å². The van der Waals surface area contributed by atoms with Crippen molar-refractivity contribution in [1.29, 1.82) is 0 Å². The van der Waals surface area contributed by atoms with E-state index in [4.69, 9.17) is 0 Å². The Bertz CT molecular complexity index is 707. The Kier molecular flexibility index (Phi) is 3.67. The fourth-order valence-corrected chi connectivity index (χ4v) is 1.72. The van der Waals surface area contributed by atoms with Gasteiger partial charge in [0.25, 0.3) is 0 Å². The van der Waals surface area contributed by atoms with Crippen LogP contribution in [0.1, 0.15) is 21.5 Å². The van der Waals surface area contributed by atoms with Crippen LogP contribution in [0.15, 0.2) is 36.4 Å². The fourth-order valence-electron chi connectivity index (χ4n) is 1.72. The van der Waals surface area contributed by atoms with Gasteiger partial charge in [0.1, 0.15) is 5.75 Å². The van der Waals surface area contributed by atoms with Crippen LogP contribution in [0, 0.1) is 11.6 Å². The highest BCUT2D eigenvalue weighted by Gasteiger charge is 2.32. The maximum atomic E-state index is 13.5. The summed E-state index contributed by atoms with van der Waals surface area (Å²) in [4.78, 5) is 12.0. The van der Waals surface area contributed by atoms with E-state index in [1.54, 1.807) is 0 Å². The molecular formula is C14H7F5O2. The minimum absolute atomic E-state index is 0.391. The molecule has 0 aliphatic heterocycles. The first-order chi connectivity index (χ1) is 9.71. The number of carbonyl (C=O) groups is 1. The molecule has 0 aromatic heterocycles. The molecule has 0 spiro atoms. The van der Waals surface area contributed by atoms with Gasteiger partial charge < -0.3 is 5.11 Å². The van der Waals surface area contributed by atoms with Crippen molar-refractivity contribution in [2.24, 2.45) is 0 Å². The summed E-state index contributed by atoms with van der Waals surface area (Å²) < 4.78 is 64.3. The molecule has 0 atom stereocenters. The van der Waals surface area contributed by atoms with Gasteiger partial charge in [0, 0.05) is 0 Å². The average Bonchev–Trinajstić information content (AvgIpc) is 2.40. The molecule has 0 aliphatic carbocycles. The van der Waals surface area contributed by atoms with Crippen molar-refractivity contribution in [2.75, 3.05) is 0 Å². The number of hydrogen-bond acceptors (Lipinski definition) is 2. The first-order valence-corrected chi connectivity index (χ1v) is 5.60. The van der Waals surface area contributed by atoms with Crippen molar-refractivity contribution in [3.05, 3.63) is 64.7 Å². The van der Waals surface area contributed by atoms with E-state index in [0.29, 0.717) is 18.2 Å². The molecule has 0 saturated heterocycles. The maximum Gasteiger partial charge on any atom is 0.416 e. The summed E-state index contributed by atoms with van der Waals surface area (Å²) in [5.74, 6) is -4.79. The Labute approximate surface area is 115 Å². The molecule has 0 heterocycles. The summed E-state index contributed by atoms with van der Waals surface area (Å²) in [6.45, 7) is 0. The van der Waals surface area contributed by atoms with Crippen molar-refractivity contribution < 1.29 is 31.9 Å². The molecule has 0 aliphatic rings. The number of rotatable bonds is 2. The van der Waals surface area contributed by atoms with Gasteiger partial charge in [-0.3, -0.25) is 4.79 Å². The smallest absolute Gasteiger partial charge is 0.416 e. The average molecular weight is 302 g/mol. The molecule has 2 nitrogen and oxygen atoms in total. The molecule has 21 heavy (non-hydrogen) atoms. The highest BCUT2D eigenvalue weighted by atomic mass is 19.4. The van der Waals surface area contributed by atoms with Gasteiger partial charge in [-0.15, -0.1) is 0 Å². The Balaban J connectivity index is 2.56. The zero-order valence-electron chi connectivity index (χ0n) is 10.2. The van der Waals surface area contributed by atoms with E-state index in [1.165, 1.54) is 0 Å². The van der Waals surface area contributed by atoms with Gasteiger partial charge in [-0.1, -0.05) is 6.07 Å². The number of phenolic OH excluding ortho intramolecular Hbond substituents is 1. The van der Waals surface area contributed by atoms with Crippen LogP contribution in [0.3, 0.4) is 0 Å². The molecule has 0 saturated carbocycles. The third-order valence-corrected chi connectivity index (χ3v) is 2.76. The molecule has 0 amide bonds.